The zero-order valence-corrected chi connectivity index (χ0v) is 71.5. The molecule has 0 amide bonds. The molecule has 4 nitrogen and oxygen atoms in total. The fourth-order valence-corrected chi connectivity index (χ4v) is 20.1. The second-order valence-electron chi connectivity index (χ2n) is 41.2. The lowest BCUT2D eigenvalue weighted by Gasteiger charge is -2.45. The maximum Gasteiger partial charge on any atom is 0.252 e. The minimum absolute atomic E-state index is 0.0475. The number of hydrogen-bond donors (Lipinski definition) is 0. The number of benzene rings is 13. The van der Waals surface area contributed by atoms with Gasteiger partial charge in [-0.3, -0.25) is 0 Å². The molecular weight excluding hydrogens is 1390 g/mol. The lowest BCUT2D eigenvalue weighted by Crippen LogP contribution is -2.61. The Morgan fingerprint density at radius 3 is 1.10 bits per heavy atom. The first kappa shape index (κ1) is 74.2. The van der Waals surface area contributed by atoms with Crippen LogP contribution in [-0.2, 0) is 43.3 Å². The molecular formula is C110H111BN4. The van der Waals surface area contributed by atoms with Crippen LogP contribution in [0.2, 0.25) is 0 Å². The van der Waals surface area contributed by atoms with Crippen LogP contribution in [0.25, 0.3) is 99.5 Å². The molecule has 2 aromatic heterocycles. The van der Waals surface area contributed by atoms with E-state index < -0.39 is 0 Å². The average Bonchev–Trinajstić information content (AvgIpc) is 1.42. The molecule has 0 spiro atoms. The molecule has 0 atom stereocenters. The highest BCUT2D eigenvalue weighted by atomic mass is 15.2. The third-order valence-electron chi connectivity index (χ3n) is 27.5. The molecule has 15 aromatic rings. The molecule has 4 aliphatic rings. The van der Waals surface area contributed by atoms with E-state index in [4.69, 9.17) is 0 Å². The Morgan fingerprint density at radius 1 is 0.243 bits per heavy atom. The molecule has 4 heterocycles. The molecule has 0 bridgehead atoms. The van der Waals surface area contributed by atoms with Crippen molar-refractivity contribution in [3.63, 3.8) is 0 Å². The van der Waals surface area contributed by atoms with Crippen molar-refractivity contribution in [2.24, 2.45) is 0 Å². The van der Waals surface area contributed by atoms with Crippen molar-refractivity contribution >= 4 is 101 Å². The Bertz CT molecular complexity index is 6390. The summed E-state index contributed by atoms with van der Waals surface area (Å²) in [5.74, 6) is 0. The van der Waals surface area contributed by atoms with Gasteiger partial charge in [0, 0.05) is 61.4 Å². The molecule has 0 radical (unpaired) electrons. The van der Waals surface area contributed by atoms with Gasteiger partial charge in [0.05, 0.1) is 27.8 Å². The first-order valence-electron chi connectivity index (χ1n) is 42.4. The highest BCUT2D eigenvalue weighted by molar-refractivity contribution is 7.00. The van der Waals surface area contributed by atoms with Crippen molar-refractivity contribution in [3.8, 4) is 55.9 Å². The van der Waals surface area contributed by atoms with Crippen LogP contribution in [0.5, 0.6) is 0 Å². The normalized spacial score (nSPS) is 16.1. The Balaban J connectivity index is 0.911. The van der Waals surface area contributed by atoms with Gasteiger partial charge in [0.15, 0.2) is 0 Å². The van der Waals surface area contributed by atoms with E-state index in [1.807, 2.05) is 0 Å². The van der Waals surface area contributed by atoms with E-state index in [1.165, 1.54) is 157 Å². The quantitative estimate of drug-likeness (QED) is 0.141. The lowest BCUT2D eigenvalue weighted by molar-refractivity contribution is 0.332. The summed E-state index contributed by atoms with van der Waals surface area (Å²) in [5, 5.41) is 4.99. The molecule has 2 aliphatic carbocycles. The Morgan fingerprint density at radius 2 is 0.600 bits per heavy atom. The lowest BCUT2D eigenvalue weighted by atomic mass is 9.33. The summed E-state index contributed by atoms with van der Waals surface area (Å²) in [4.78, 5) is 5.32. The maximum absolute atomic E-state index is 2.66. The monoisotopic (exact) mass is 1500 g/mol. The van der Waals surface area contributed by atoms with Crippen LogP contribution >= 0.6 is 0 Å². The number of fused-ring (bicyclic) bond motifs is 12. The van der Waals surface area contributed by atoms with E-state index >= 15 is 0 Å². The van der Waals surface area contributed by atoms with Crippen LogP contribution in [0.3, 0.4) is 0 Å². The van der Waals surface area contributed by atoms with E-state index in [0.29, 0.717) is 0 Å². The van der Waals surface area contributed by atoms with Gasteiger partial charge in [-0.1, -0.05) is 302 Å². The van der Waals surface area contributed by atoms with Crippen molar-refractivity contribution in [3.05, 3.63) is 305 Å². The van der Waals surface area contributed by atoms with Gasteiger partial charge in [0.25, 0.3) is 6.71 Å². The third kappa shape index (κ3) is 12.3. The fourth-order valence-electron chi connectivity index (χ4n) is 20.1. The molecule has 0 saturated carbocycles. The van der Waals surface area contributed by atoms with Gasteiger partial charge < -0.3 is 18.9 Å². The summed E-state index contributed by atoms with van der Waals surface area (Å²) < 4.78 is 5.14. The number of aromatic nitrogens is 2. The van der Waals surface area contributed by atoms with Crippen molar-refractivity contribution in [2.75, 3.05) is 9.80 Å². The highest BCUT2D eigenvalue weighted by Crippen LogP contribution is 2.53. The molecule has 574 valence electrons. The number of nitrogens with zero attached hydrogens (tertiary/aromatic N) is 4. The van der Waals surface area contributed by atoms with Gasteiger partial charge in [-0.15, -0.1) is 0 Å². The molecule has 19 rings (SSSR count). The number of hydrogen-bond acceptors (Lipinski definition) is 2. The summed E-state index contributed by atoms with van der Waals surface area (Å²) in [7, 11) is 0. The van der Waals surface area contributed by atoms with Crippen LogP contribution < -0.4 is 26.2 Å². The molecule has 115 heavy (non-hydrogen) atoms. The van der Waals surface area contributed by atoms with Crippen LogP contribution in [0, 0.1) is 0 Å². The largest absolute Gasteiger partial charge is 0.311 e. The van der Waals surface area contributed by atoms with Crippen molar-refractivity contribution in [1.29, 1.82) is 0 Å². The summed E-state index contributed by atoms with van der Waals surface area (Å²) >= 11 is 0. The Labute approximate surface area is 684 Å². The van der Waals surface area contributed by atoms with E-state index in [0.717, 1.165) is 63.7 Å². The van der Waals surface area contributed by atoms with Gasteiger partial charge in [-0.05, 0) is 271 Å². The minimum atomic E-state index is -0.191. The molecule has 5 heteroatoms. The second-order valence-corrected chi connectivity index (χ2v) is 41.2. The van der Waals surface area contributed by atoms with E-state index in [9.17, 15) is 0 Å². The SMILES string of the molecule is CC(C)(C)c1cc(-c2ccc3c(c2)N(c2ccc(-c4ccc5c(c4)C(C)(C)CCC5(C)C)cc2)c2cc(-n4c5ccccc5c5cc(-c6ccccc6)ccc54)cc4c2B3c2ccc(-n3c5ccc(C(C)(C)C)cc5c5cc(C(C)(C)C)ccc53)cc2N4c2ccc(-c3ccc4c(c3)C(C)(C)CCC4(C)C)cc2)cc(C(C)(C)C)c1. The highest BCUT2D eigenvalue weighted by Gasteiger charge is 2.46. The Hall–Kier alpha value is -10.9. The molecule has 0 fully saturated rings. The molecule has 2 aliphatic heterocycles. The maximum atomic E-state index is 2.66. The van der Waals surface area contributed by atoms with Gasteiger partial charge in [0.2, 0.25) is 0 Å². The third-order valence-corrected chi connectivity index (χ3v) is 27.5. The zero-order chi connectivity index (χ0) is 80.3. The standard InChI is InChI=1S/C110H111BN4/c1-103(2,3)76-38-50-96-86(63-76)87-64-77(104(4,5)6)39-51-97(87)114(96)82-44-48-93-99(65-82)113(81-42-32-70(33-43-81)73-35-46-89-91(60-73)110(19,20)55-53-108(89,15)16)101-67-83(115-94-29-25-24-28-84(94)85-58-71(37-49-95(85)115)68-26-22-21-23-27-68)66-100-102(101)111(93)92-47-36-74(75-56-78(105(7,8)9)62-79(57-75)106(10,11)12)61-98(92)112(100)80-40-30-69(31-41-80)72-34-45-88-90(59-72)109(17,18)54-52-107(88,13)14/h21-51,56-67H,52-55H2,1-20H3. The smallest absolute Gasteiger partial charge is 0.252 e. The van der Waals surface area contributed by atoms with Gasteiger partial charge >= 0.3 is 0 Å². The van der Waals surface area contributed by atoms with Gasteiger partial charge in [0.1, 0.15) is 0 Å². The summed E-state index contributed by atoms with van der Waals surface area (Å²) in [5.41, 5.74) is 38.7. The summed E-state index contributed by atoms with van der Waals surface area (Å²) in [6.45, 7) is 47.6. The van der Waals surface area contributed by atoms with E-state index in [1.54, 1.807) is 0 Å². The molecule has 0 saturated heterocycles. The molecule has 0 unspecified atom stereocenters. The Kier molecular flexibility index (Phi) is 16.7. The van der Waals surface area contributed by atoms with Crippen LogP contribution in [0.4, 0.5) is 34.1 Å². The molecule has 0 N–H and O–H groups in total. The van der Waals surface area contributed by atoms with Crippen LogP contribution in [-0.4, -0.2) is 15.8 Å². The van der Waals surface area contributed by atoms with Crippen molar-refractivity contribution in [2.45, 2.75) is 207 Å². The van der Waals surface area contributed by atoms with Crippen LogP contribution in [0.15, 0.2) is 261 Å². The summed E-state index contributed by atoms with van der Waals surface area (Å²) in [6.07, 6.45) is 4.69. The van der Waals surface area contributed by atoms with Gasteiger partial charge in [-0.2, -0.15) is 0 Å². The minimum Gasteiger partial charge on any atom is -0.311 e. The van der Waals surface area contributed by atoms with Crippen molar-refractivity contribution < 1.29 is 0 Å². The van der Waals surface area contributed by atoms with Gasteiger partial charge in [-0.25, -0.2) is 0 Å². The average molecular weight is 1500 g/mol. The number of para-hydroxylation sites is 1. The molecule has 13 aromatic carbocycles. The second kappa shape index (κ2) is 25.8. The topological polar surface area (TPSA) is 16.3 Å². The first-order valence-corrected chi connectivity index (χ1v) is 42.4. The predicted molar refractivity (Wildman–Crippen MR) is 496 cm³/mol. The van der Waals surface area contributed by atoms with Crippen molar-refractivity contribution in [1.82, 2.24) is 9.13 Å². The number of rotatable bonds is 8. The zero-order valence-electron chi connectivity index (χ0n) is 71.5. The van der Waals surface area contributed by atoms with E-state index in [-0.39, 0.29) is 50.0 Å². The summed E-state index contributed by atoms with van der Waals surface area (Å²) in [6, 6.07) is 103. The number of anilines is 6. The van der Waals surface area contributed by atoms with E-state index in [2.05, 4.69) is 418 Å². The fraction of sp³-hybridized carbons (Fsp3) is 0.291. The first-order chi connectivity index (χ1) is 54.5. The predicted octanol–water partition coefficient (Wildman–Crippen LogP) is 28.5. The van der Waals surface area contributed by atoms with Crippen LogP contribution in [0.1, 0.15) is 209 Å².